The zero-order valence-electron chi connectivity index (χ0n) is 14.4. The Bertz CT molecular complexity index is 864. The van der Waals surface area contributed by atoms with E-state index in [4.69, 9.17) is 4.52 Å². The first-order valence-electron chi connectivity index (χ1n) is 9.06. The number of rotatable bonds is 6. The van der Waals surface area contributed by atoms with Crippen LogP contribution in [0.25, 0.3) is 11.5 Å². The average Bonchev–Trinajstić information content (AvgIpc) is 3.10. The van der Waals surface area contributed by atoms with Gasteiger partial charge in [-0.3, -0.25) is 4.57 Å². The molecule has 0 unspecified atom stereocenters. The standard InChI is InChI=1S/C17H20N6OS2/c1-2-7-22(8-3-1)16-19-20-17(23(16)13-4-5-13)26-11-14-18-15(24-21-14)12-6-9-25-10-12/h6,9-10,13H,1-5,7-8,11H2. The minimum atomic E-state index is 0.552. The fourth-order valence-corrected chi connectivity index (χ4v) is 4.75. The second-order valence-corrected chi connectivity index (χ2v) is 8.47. The van der Waals surface area contributed by atoms with Gasteiger partial charge in [-0.1, -0.05) is 16.9 Å². The van der Waals surface area contributed by atoms with Crippen molar-refractivity contribution in [2.24, 2.45) is 0 Å². The number of aromatic nitrogens is 5. The summed E-state index contributed by atoms with van der Waals surface area (Å²) in [4.78, 5) is 6.89. The van der Waals surface area contributed by atoms with Crippen LogP contribution in [0.4, 0.5) is 5.95 Å². The molecular formula is C17H20N6OS2. The van der Waals surface area contributed by atoms with E-state index < -0.39 is 0 Å². The van der Waals surface area contributed by atoms with Crippen LogP contribution in [0, 0.1) is 0 Å². The smallest absolute Gasteiger partial charge is 0.258 e. The largest absolute Gasteiger partial charge is 0.341 e. The molecule has 7 nitrogen and oxygen atoms in total. The summed E-state index contributed by atoms with van der Waals surface area (Å²) < 4.78 is 7.70. The fraction of sp³-hybridized carbons (Fsp3) is 0.529. The van der Waals surface area contributed by atoms with Crippen LogP contribution in [0.1, 0.15) is 44.0 Å². The van der Waals surface area contributed by atoms with E-state index in [1.807, 2.05) is 16.8 Å². The Kier molecular flexibility index (Phi) is 4.41. The Hall–Kier alpha value is -1.87. The molecule has 2 aliphatic rings. The summed E-state index contributed by atoms with van der Waals surface area (Å²) in [5, 5.41) is 18.1. The van der Waals surface area contributed by atoms with E-state index >= 15 is 0 Å². The molecule has 9 heteroatoms. The number of thiophene rings is 1. The monoisotopic (exact) mass is 388 g/mol. The van der Waals surface area contributed by atoms with Crippen molar-refractivity contribution in [3.63, 3.8) is 0 Å². The molecule has 1 saturated heterocycles. The van der Waals surface area contributed by atoms with E-state index in [-0.39, 0.29) is 0 Å². The molecular weight excluding hydrogens is 368 g/mol. The second-order valence-electron chi connectivity index (χ2n) is 6.75. The van der Waals surface area contributed by atoms with Crippen molar-refractivity contribution in [3.05, 3.63) is 22.7 Å². The lowest BCUT2D eigenvalue weighted by molar-refractivity contribution is 0.425. The van der Waals surface area contributed by atoms with Gasteiger partial charge in [0.1, 0.15) is 0 Å². The van der Waals surface area contributed by atoms with Crippen LogP contribution < -0.4 is 4.90 Å². The molecule has 136 valence electrons. The second kappa shape index (κ2) is 7.03. The minimum Gasteiger partial charge on any atom is -0.341 e. The van der Waals surface area contributed by atoms with Crippen LogP contribution >= 0.6 is 23.1 Å². The molecule has 4 heterocycles. The van der Waals surface area contributed by atoms with E-state index in [9.17, 15) is 0 Å². The van der Waals surface area contributed by atoms with Gasteiger partial charge in [-0.2, -0.15) is 16.3 Å². The van der Waals surface area contributed by atoms with Crippen molar-refractivity contribution in [1.29, 1.82) is 0 Å². The molecule has 0 spiro atoms. The molecule has 3 aromatic heterocycles. The van der Waals surface area contributed by atoms with Crippen molar-refractivity contribution in [1.82, 2.24) is 24.9 Å². The Morgan fingerprint density at radius 1 is 1.19 bits per heavy atom. The fourth-order valence-electron chi connectivity index (χ4n) is 3.27. The molecule has 1 saturated carbocycles. The van der Waals surface area contributed by atoms with Crippen molar-refractivity contribution in [2.45, 2.75) is 49.1 Å². The highest BCUT2D eigenvalue weighted by Gasteiger charge is 2.32. The maximum Gasteiger partial charge on any atom is 0.258 e. The van der Waals surface area contributed by atoms with Gasteiger partial charge in [0.25, 0.3) is 5.89 Å². The third-order valence-electron chi connectivity index (χ3n) is 4.76. The normalized spacial score (nSPS) is 17.8. The van der Waals surface area contributed by atoms with Gasteiger partial charge in [0.05, 0.1) is 11.3 Å². The van der Waals surface area contributed by atoms with Crippen LogP contribution in [-0.4, -0.2) is 38.0 Å². The molecule has 26 heavy (non-hydrogen) atoms. The van der Waals surface area contributed by atoms with Gasteiger partial charge in [0, 0.05) is 24.5 Å². The van der Waals surface area contributed by atoms with Gasteiger partial charge in [0.2, 0.25) is 5.95 Å². The number of thioether (sulfide) groups is 1. The summed E-state index contributed by atoms with van der Waals surface area (Å²) >= 11 is 3.27. The Labute approximate surface area is 159 Å². The molecule has 2 fully saturated rings. The number of hydrogen-bond acceptors (Lipinski definition) is 8. The topological polar surface area (TPSA) is 72.9 Å². The molecule has 0 amide bonds. The zero-order valence-corrected chi connectivity index (χ0v) is 16.0. The van der Waals surface area contributed by atoms with Crippen LogP contribution in [0.2, 0.25) is 0 Å². The lowest BCUT2D eigenvalue weighted by Gasteiger charge is -2.27. The third-order valence-corrected chi connectivity index (χ3v) is 6.39. The first-order valence-corrected chi connectivity index (χ1v) is 11.0. The molecule has 0 aromatic carbocycles. The summed E-state index contributed by atoms with van der Waals surface area (Å²) in [7, 11) is 0. The van der Waals surface area contributed by atoms with E-state index in [0.717, 1.165) is 29.8 Å². The van der Waals surface area contributed by atoms with E-state index in [1.165, 1.54) is 32.1 Å². The van der Waals surface area contributed by atoms with Crippen molar-refractivity contribution in [2.75, 3.05) is 18.0 Å². The Morgan fingerprint density at radius 3 is 2.85 bits per heavy atom. The van der Waals surface area contributed by atoms with Gasteiger partial charge < -0.3 is 9.42 Å². The van der Waals surface area contributed by atoms with Gasteiger partial charge in [0.15, 0.2) is 11.0 Å². The quantitative estimate of drug-likeness (QED) is 0.591. The van der Waals surface area contributed by atoms with Gasteiger partial charge in [-0.15, -0.1) is 10.2 Å². The summed E-state index contributed by atoms with van der Waals surface area (Å²) in [6.07, 6.45) is 6.25. The highest BCUT2D eigenvalue weighted by atomic mass is 32.2. The van der Waals surface area contributed by atoms with Gasteiger partial charge >= 0.3 is 0 Å². The molecule has 0 radical (unpaired) electrons. The lowest BCUT2D eigenvalue weighted by atomic mass is 10.1. The summed E-state index contributed by atoms with van der Waals surface area (Å²) in [6.45, 7) is 2.18. The summed E-state index contributed by atoms with van der Waals surface area (Å²) in [5.74, 6) is 2.96. The van der Waals surface area contributed by atoms with E-state index in [2.05, 4.69) is 29.8 Å². The number of anilines is 1. The molecule has 3 aromatic rings. The molecule has 1 aliphatic carbocycles. The first-order chi connectivity index (χ1) is 12.9. The summed E-state index contributed by atoms with van der Waals surface area (Å²) in [5.41, 5.74) is 0.979. The molecule has 5 rings (SSSR count). The maximum absolute atomic E-state index is 5.37. The number of hydrogen-bond donors (Lipinski definition) is 0. The molecule has 0 atom stereocenters. The molecule has 1 aliphatic heterocycles. The van der Waals surface area contributed by atoms with Crippen molar-refractivity contribution >= 4 is 29.0 Å². The van der Waals surface area contributed by atoms with Crippen LogP contribution in [-0.2, 0) is 5.75 Å². The summed E-state index contributed by atoms with van der Waals surface area (Å²) in [6, 6.07) is 2.54. The van der Waals surface area contributed by atoms with Crippen molar-refractivity contribution < 1.29 is 4.52 Å². The zero-order chi connectivity index (χ0) is 17.3. The number of nitrogens with zero attached hydrogens (tertiary/aromatic N) is 6. The lowest BCUT2D eigenvalue weighted by Crippen LogP contribution is -2.31. The predicted molar refractivity (Wildman–Crippen MR) is 102 cm³/mol. The molecule has 0 bridgehead atoms. The van der Waals surface area contributed by atoms with Crippen molar-refractivity contribution in [3.8, 4) is 11.5 Å². The van der Waals surface area contributed by atoms with Gasteiger partial charge in [-0.05, 0) is 43.6 Å². The average molecular weight is 389 g/mol. The van der Waals surface area contributed by atoms with Crippen LogP contribution in [0.15, 0.2) is 26.5 Å². The molecule has 0 N–H and O–H groups in total. The minimum absolute atomic E-state index is 0.552. The predicted octanol–water partition coefficient (Wildman–Crippen LogP) is 4.01. The highest BCUT2D eigenvalue weighted by molar-refractivity contribution is 7.98. The van der Waals surface area contributed by atoms with E-state index in [1.54, 1.807) is 23.1 Å². The Balaban J connectivity index is 1.32. The van der Waals surface area contributed by atoms with E-state index in [0.29, 0.717) is 23.5 Å². The maximum atomic E-state index is 5.37. The third kappa shape index (κ3) is 3.25. The van der Waals surface area contributed by atoms with Crippen LogP contribution in [0.3, 0.4) is 0 Å². The highest BCUT2D eigenvalue weighted by Crippen LogP contribution is 2.41. The van der Waals surface area contributed by atoms with Crippen LogP contribution in [0.5, 0.6) is 0 Å². The SMILES string of the molecule is c1cc(-c2nc(CSc3nnc(N4CCCCC4)n3C3CC3)no2)cs1. The number of piperidine rings is 1. The van der Waals surface area contributed by atoms with Gasteiger partial charge in [-0.25, -0.2) is 0 Å². The first kappa shape index (κ1) is 16.3. The Morgan fingerprint density at radius 2 is 2.08 bits per heavy atom.